The number of likely N-dealkylation sites (N-methyl/N-ethyl adjacent to an activating group) is 1. The highest BCUT2D eigenvalue weighted by atomic mass is 32.2. The van der Waals surface area contributed by atoms with Gasteiger partial charge in [-0.05, 0) is 82.2 Å². The SMILES string of the molecule is COc1cc(/C=C2\SC(=Nc3ccc(C(=O)O)cc3)N(C)C2=O)ccc1OCc1ccc2ccccc2c1. The number of methoxy groups -OCH3 is 1. The van der Waals surface area contributed by atoms with E-state index in [2.05, 4.69) is 29.3 Å². The molecule has 4 aromatic rings. The summed E-state index contributed by atoms with van der Waals surface area (Å²) in [4.78, 5) is 30.4. The third kappa shape index (κ3) is 5.40. The Morgan fingerprint density at radius 3 is 2.47 bits per heavy atom. The molecule has 5 rings (SSSR count). The van der Waals surface area contributed by atoms with Crippen LogP contribution in [-0.2, 0) is 11.4 Å². The summed E-state index contributed by atoms with van der Waals surface area (Å²) in [6, 6.07) is 26.1. The summed E-state index contributed by atoms with van der Waals surface area (Å²) in [5.41, 5.74) is 2.58. The van der Waals surface area contributed by atoms with E-state index in [4.69, 9.17) is 14.6 Å². The zero-order valence-electron chi connectivity index (χ0n) is 20.8. The van der Waals surface area contributed by atoms with Crippen molar-refractivity contribution in [2.45, 2.75) is 6.61 Å². The lowest BCUT2D eigenvalue weighted by Crippen LogP contribution is -2.23. The first kappa shape index (κ1) is 25.1. The smallest absolute Gasteiger partial charge is 0.335 e. The molecule has 1 saturated heterocycles. The van der Waals surface area contributed by atoms with Crippen LogP contribution in [0.5, 0.6) is 11.5 Å². The van der Waals surface area contributed by atoms with Gasteiger partial charge in [-0.3, -0.25) is 9.69 Å². The third-order valence-corrected chi connectivity index (χ3v) is 7.10. The number of carboxylic acid groups (broad SMARTS) is 1. The van der Waals surface area contributed by atoms with Crippen molar-refractivity contribution in [2.24, 2.45) is 4.99 Å². The standard InChI is InChI=1S/C30H24N2O5S/c1-32-28(33)27(38-30(32)31-24-12-10-22(11-13-24)29(34)35)17-19-8-14-25(26(16-19)36-2)37-18-20-7-9-21-5-3-4-6-23(21)15-20/h3-17H,18H2,1-2H3,(H,34,35)/b27-17-,31-30?. The number of hydrogen-bond acceptors (Lipinski definition) is 6. The van der Waals surface area contributed by atoms with Crippen molar-refractivity contribution in [3.05, 3.63) is 107 Å². The van der Waals surface area contributed by atoms with E-state index in [1.165, 1.54) is 34.2 Å². The second kappa shape index (κ2) is 10.8. The van der Waals surface area contributed by atoms with Gasteiger partial charge < -0.3 is 14.6 Å². The van der Waals surface area contributed by atoms with Gasteiger partial charge >= 0.3 is 5.97 Å². The largest absolute Gasteiger partial charge is 0.493 e. The fourth-order valence-electron chi connectivity index (χ4n) is 3.97. The van der Waals surface area contributed by atoms with Crippen LogP contribution in [0.25, 0.3) is 16.8 Å². The average Bonchev–Trinajstić information content (AvgIpc) is 3.19. The second-order valence-corrected chi connectivity index (χ2v) is 9.61. The van der Waals surface area contributed by atoms with Gasteiger partial charge in [0.2, 0.25) is 0 Å². The van der Waals surface area contributed by atoms with Crippen molar-refractivity contribution in [3.63, 3.8) is 0 Å². The Morgan fingerprint density at radius 2 is 1.74 bits per heavy atom. The lowest BCUT2D eigenvalue weighted by Gasteiger charge is -2.12. The molecule has 1 aliphatic heterocycles. The fraction of sp³-hybridized carbons (Fsp3) is 0.100. The van der Waals surface area contributed by atoms with Gasteiger partial charge in [-0.1, -0.05) is 42.5 Å². The van der Waals surface area contributed by atoms with E-state index in [-0.39, 0.29) is 11.5 Å². The van der Waals surface area contributed by atoms with Crippen LogP contribution in [0, 0.1) is 0 Å². The van der Waals surface area contributed by atoms with Crippen LogP contribution in [0.1, 0.15) is 21.5 Å². The van der Waals surface area contributed by atoms with Crippen LogP contribution in [0.2, 0.25) is 0 Å². The summed E-state index contributed by atoms with van der Waals surface area (Å²) >= 11 is 1.25. The van der Waals surface area contributed by atoms with Gasteiger partial charge in [0.25, 0.3) is 5.91 Å². The Labute approximate surface area is 224 Å². The minimum Gasteiger partial charge on any atom is -0.493 e. The summed E-state index contributed by atoms with van der Waals surface area (Å²) < 4.78 is 11.6. The Bertz CT molecular complexity index is 1590. The number of hydrogen-bond donors (Lipinski definition) is 1. The molecule has 190 valence electrons. The molecule has 0 radical (unpaired) electrons. The number of amides is 1. The number of carboxylic acids is 1. The molecule has 1 aliphatic rings. The monoisotopic (exact) mass is 524 g/mol. The summed E-state index contributed by atoms with van der Waals surface area (Å²) in [7, 11) is 3.24. The Morgan fingerprint density at radius 1 is 0.974 bits per heavy atom. The van der Waals surface area contributed by atoms with Gasteiger partial charge in [-0.2, -0.15) is 0 Å². The van der Waals surface area contributed by atoms with Crippen LogP contribution in [0.3, 0.4) is 0 Å². The summed E-state index contributed by atoms with van der Waals surface area (Å²) in [5, 5.41) is 11.9. The molecular weight excluding hydrogens is 500 g/mol. The molecule has 0 atom stereocenters. The highest BCUT2D eigenvalue weighted by molar-refractivity contribution is 8.18. The number of fused-ring (bicyclic) bond motifs is 1. The van der Waals surface area contributed by atoms with Crippen molar-refractivity contribution in [1.82, 2.24) is 4.90 Å². The molecule has 0 aliphatic carbocycles. The molecule has 7 nitrogen and oxygen atoms in total. The van der Waals surface area contributed by atoms with Crippen molar-refractivity contribution in [2.75, 3.05) is 14.2 Å². The molecule has 1 fully saturated rings. The first-order valence-corrected chi connectivity index (χ1v) is 12.6. The highest BCUT2D eigenvalue weighted by Crippen LogP contribution is 2.35. The lowest BCUT2D eigenvalue weighted by atomic mass is 10.1. The lowest BCUT2D eigenvalue weighted by molar-refractivity contribution is -0.121. The molecule has 0 spiro atoms. The molecule has 1 N–H and O–H groups in total. The van der Waals surface area contributed by atoms with Gasteiger partial charge in [-0.15, -0.1) is 0 Å². The number of rotatable bonds is 7. The fourth-order valence-corrected chi connectivity index (χ4v) is 4.96. The van der Waals surface area contributed by atoms with Crippen LogP contribution < -0.4 is 9.47 Å². The second-order valence-electron chi connectivity index (χ2n) is 8.60. The molecule has 0 bridgehead atoms. The Kier molecular flexibility index (Phi) is 7.15. The van der Waals surface area contributed by atoms with E-state index in [1.54, 1.807) is 32.4 Å². The zero-order valence-corrected chi connectivity index (χ0v) is 21.6. The Hall–Kier alpha value is -4.56. The normalized spacial score (nSPS) is 15.4. The van der Waals surface area contributed by atoms with Crippen LogP contribution in [0.15, 0.2) is 94.8 Å². The van der Waals surface area contributed by atoms with Crippen molar-refractivity contribution < 1.29 is 24.2 Å². The first-order valence-electron chi connectivity index (χ1n) is 11.8. The number of carbonyl (C=O) groups excluding carboxylic acids is 1. The van der Waals surface area contributed by atoms with Gasteiger partial charge in [0.15, 0.2) is 16.7 Å². The molecule has 0 aromatic heterocycles. The zero-order chi connectivity index (χ0) is 26.6. The number of ether oxygens (including phenoxy) is 2. The van der Waals surface area contributed by atoms with E-state index >= 15 is 0 Å². The molecule has 38 heavy (non-hydrogen) atoms. The summed E-state index contributed by atoms with van der Waals surface area (Å²) in [6.45, 7) is 0.397. The Balaban J connectivity index is 1.31. The maximum atomic E-state index is 12.8. The van der Waals surface area contributed by atoms with Crippen molar-refractivity contribution in [3.8, 4) is 11.5 Å². The van der Waals surface area contributed by atoms with E-state index in [1.807, 2.05) is 36.4 Å². The maximum Gasteiger partial charge on any atom is 0.335 e. The van der Waals surface area contributed by atoms with Crippen molar-refractivity contribution >= 4 is 51.3 Å². The quantitative estimate of drug-likeness (QED) is 0.283. The van der Waals surface area contributed by atoms with Crippen molar-refractivity contribution in [1.29, 1.82) is 0 Å². The number of nitrogens with zero attached hydrogens (tertiary/aromatic N) is 2. The number of carbonyl (C=O) groups is 2. The topological polar surface area (TPSA) is 88.4 Å². The van der Waals surface area contributed by atoms with Gasteiger partial charge in [0, 0.05) is 7.05 Å². The predicted octanol–water partition coefficient (Wildman–Crippen LogP) is 6.36. The maximum absolute atomic E-state index is 12.8. The molecular formula is C30H24N2O5S. The van der Waals surface area contributed by atoms with Crippen LogP contribution >= 0.6 is 11.8 Å². The number of aliphatic imine (C=N–C) groups is 1. The minimum atomic E-state index is -1.00. The van der Waals surface area contributed by atoms with E-state index in [0.717, 1.165) is 16.5 Å². The molecule has 0 unspecified atom stereocenters. The van der Waals surface area contributed by atoms with E-state index in [0.29, 0.717) is 33.9 Å². The van der Waals surface area contributed by atoms with Gasteiger partial charge in [0.05, 0.1) is 23.3 Å². The first-order chi connectivity index (χ1) is 18.4. The molecule has 1 heterocycles. The van der Waals surface area contributed by atoms with Crippen LogP contribution in [0.4, 0.5) is 5.69 Å². The summed E-state index contributed by atoms with van der Waals surface area (Å²) in [6.07, 6.45) is 1.79. The predicted molar refractivity (Wildman–Crippen MR) is 150 cm³/mol. The summed E-state index contributed by atoms with van der Waals surface area (Å²) in [5.74, 6) is -0.00210. The minimum absolute atomic E-state index is 0.175. The molecule has 1 amide bonds. The third-order valence-electron chi connectivity index (χ3n) is 6.04. The number of aromatic carboxylic acids is 1. The molecule has 4 aromatic carbocycles. The average molecular weight is 525 g/mol. The highest BCUT2D eigenvalue weighted by Gasteiger charge is 2.30. The van der Waals surface area contributed by atoms with E-state index < -0.39 is 5.97 Å². The molecule has 0 saturated carbocycles. The number of benzene rings is 4. The molecule has 8 heteroatoms. The van der Waals surface area contributed by atoms with Crippen LogP contribution in [-0.4, -0.2) is 41.2 Å². The number of thioether (sulfide) groups is 1. The number of amidine groups is 1. The van der Waals surface area contributed by atoms with E-state index in [9.17, 15) is 9.59 Å². The van der Waals surface area contributed by atoms with Gasteiger partial charge in [0.1, 0.15) is 6.61 Å². The van der Waals surface area contributed by atoms with Gasteiger partial charge in [-0.25, -0.2) is 9.79 Å².